The SMILES string of the molecule is COC(=O)c1ccc2c(c1)[C@@H]1O[C@H]2c2ccc(N(C)c3cccc(F)c3)cc21. The van der Waals surface area contributed by atoms with Crippen molar-refractivity contribution in [2.45, 2.75) is 12.2 Å². The number of anilines is 2. The van der Waals surface area contributed by atoms with Crippen LogP contribution < -0.4 is 4.90 Å². The van der Waals surface area contributed by atoms with Crippen molar-refractivity contribution in [3.8, 4) is 0 Å². The lowest BCUT2D eigenvalue weighted by atomic mass is 9.85. The Morgan fingerprint density at radius 1 is 0.929 bits per heavy atom. The van der Waals surface area contributed by atoms with Crippen LogP contribution in [-0.2, 0) is 9.47 Å². The van der Waals surface area contributed by atoms with Gasteiger partial charge in [0, 0.05) is 18.4 Å². The lowest BCUT2D eigenvalue weighted by Crippen LogP contribution is -2.12. The third-order valence-corrected chi connectivity index (χ3v) is 5.56. The van der Waals surface area contributed by atoms with Crippen LogP contribution in [0.3, 0.4) is 0 Å². The van der Waals surface area contributed by atoms with Crippen molar-refractivity contribution in [2.24, 2.45) is 0 Å². The molecular formula is C23H18FNO3. The van der Waals surface area contributed by atoms with Gasteiger partial charge in [0.25, 0.3) is 0 Å². The molecular weight excluding hydrogens is 357 g/mol. The largest absolute Gasteiger partial charge is 0.465 e. The summed E-state index contributed by atoms with van der Waals surface area (Å²) in [7, 11) is 3.29. The van der Waals surface area contributed by atoms with Crippen LogP contribution in [0.15, 0.2) is 60.7 Å². The molecule has 0 fully saturated rings. The van der Waals surface area contributed by atoms with E-state index in [1.807, 2.05) is 36.2 Å². The molecule has 0 spiro atoms. The van der Waals surface area contributed by atoms with E-state index < -0.39 is 0 Å². The number of fused-ring (bicyclic) bond motifs is 8. The van der Waals surface area contributed by atoms with Gasteiger partial charge in [-0.2, -0.15) is 0 Å². The Morgan fingerprint density at radius 3 is 2.36 bits per heavy atom. The molecule has 5 rings (SSSR count). The van der Waals surface area contributed by atoms with E-state index in [0.29, 0.717) is 5.56 Å². The van der Waals surface area contributed by atoms with Gasteiger partial charge in [-0.25, -0.2) is 9.18 Å². The van der Waals surface area contributed by atoms with Gasteiger partial charge < -0.3 is 14.4 Å². The first kappa shape index (κ1) is 17.0. The van der Waals surface area contributed by atoms with E-state index in [4.69, 9.17) is 9.47 Å². The summed E-state index contributed by atoms with van der Waals surface area (Å²) in [5.41, 5.74) is 6.57. The number of benzene rings is 3. The van der Waals surface area contributed by atoms with Crippen molar-refractivity contribution in [3.63, 3.8) is 0 Å². The topological polar surface area (TPSA) is 38.8 Å². The molecule has 0 saturated carbocycles. The lowest BCUT2D eigenvalue weighted by molar-refractivity contribution is 0.0600. The highest BCUT2D eigenvalue weighted by molar-refractivity contribution is 5.90. The van der Waals surface area contributed by atoms with Crippen LogP contribution in [0.5, 0.6) is 0 Å². The van der Waals surface area contributed by atoms with Gasteiger partial charge in [0.05, 0.1) is 12.7 Å². The van der Waals surface area contributed by atoms with E-state index in [-0.39, 0.29) is 24.0 Å². The van der Waals surface area contributed by atoms with Crippen molar-refractivity contribution in [3.05, 3.63) is 94.3 Å². The van der Waals surface area contributed by atoms with Crippen molar-refractivity contribution in [2.75, 3.05) is 19.1 Å². The molecule has 0 amide bonds. The van der Waals surface area contributed by atoms with E-state index in [2.05, 4.69) is 12.1 Å². The number of methoxy groups -OCH3 is 1. The van der Waals surface area contributed by atoms with Crippen molar-refractivity contribution in [1.29, 1.82) is 0 Å². The number of nitrogens with zero attached hydrogens (tertiary/aromatic N) is 1. The van der Waals surface area contributed by atoms with E-state index >= 15 is 0 Å². The third kappa shape index (κ3) is 2.43. The molecule has 2 aliphatic heterocycles. The van der Waals surface area contributed by atoms with Crippen LogP contribution in [0.4, 0.5) is 15.8 Å². The summed E-state index contributed by atoms with van der Waals surface area (Å²) < 4.78 is 24.6. The summed E-state index contributed by atoms with van der Waals surface area (Å²) in [6, 6.07) is 18.3. The zero-order valence-corrected chi connectivity index (χ0v) is 15.5. The number of hydrogen-bond acceptors (Lipinski definition) is 4. The second-order valence-electron chi connectivity index (χ2n) is 7.08. The number of esters is 1. The molecule has 0 saturated heterocycles. The highest BCUT2D eigenvalue weighted by Gasteiger charge is 2.43. The van der Waals surface area contributed by atoms with Crippen molar-refractivity contribution >= 4 is 17.3 Å². The fourth-order valence-corrected chi connectivity index (χ4v) is 4.12. The maximum absolute atomic E-state index is 13.6. The molecule has 2 bridgehead atoms. The zero-order chi connectivity index (χ0) is 19.4. The van der Waals surface area contributed by atoms with Crippen molar-refractivity contribution in [1.82, 2.24) is 0 Å². The monoisotopic (exact) mass is 375 g/mol. The molecule has 3 aromatic carbocycles. The molecule has 2 atom stereocenters. The van der Waals surface area contributed by atoms with Gasteiger partial charge in [-0.15, -0.1) is 0 Å². The third-order valence-electron chi connectivity index (χ3n) is 5.56. The standard InChI is InChI=1S/C23H18FNO3/c1-25(15-5-3-4-14(24)11-15)16-7-9-18-20(12-16)22-19-10-13(23(26)27-2)6-8-17(19)21(18)28-22/h3-12,21-22H,1-2H3/t21-,22+/m1/s1. The van der Waals surface area contributed by atoms with Gasteiger partial charge in [-0.1, -0.05) is 18.2 Å². The van der Waals surface area contributed by atoms with E-state index in [0.717, 1.165) is 33.6 Å². The zero-order valence-electron chi connectivity index (χ0n) is 15.5. The molecule has 0 aliphatic carbocycles. The summed E-state index contributed by atoms with van der Waals surface area (Å²) in [4.78, 5) is 13.8. The maximum atomic E-state index is 13.6. The first-order chi connectivity index (χ1) is 13.6. The Bertz CT molecular complexity index is 1110. The minimum Gasteiger partial charge on any atom is -0.465 e. The predicted octanol–water partition coefficient (Wildman–Crippen LogP) is 4.90. The van der Waals surface area contributed by atoms with Gasteiger partial charge in [0.15, 0.2) is 0 Å². The minimum atomic E-state index is -0.356. The first-order valence-electron chi connectivity index (χ1n) is 9.07. The molecule has 0 N–H and O–H groups in total. The van der Waals surface area contributed by atoms with Crippen LogP contribution in [0.25, 0.3) is 0 Å². The summed E-state index contributed by atoms with van der Waals surface area (Å²) in [5.74, 6) is -0.623. The number of carbonyl (C=O) groups excluding carboxylic acids is 1. The Hall–Kier alpha value is -3.18. The summed E-state index contributed by atoms with van der Waals surface area (Å²) in [6.45, 7) is 0. The van der Waals surface area contributed by atoms with Gasteiger partial charge in [-0.3, -0.25) is 0 Å². The number of carbonyl (C=O) groups is 1. The molecule has 28 heavy (non-hydrogen) atoms. The highest BCUT2D eigenvalue weighted by atomic mass is 19.1. The van der Waals surface area contributed by atoms with Crippen LogP contribution in [0.2, 0.25) is 0 Å². The quantitative estimate of drug-likeness (QED) is 0.610. The van der Waals surface area contributed by atoms with Gasteiger partial charge >= 0.3 is 5.97 Å². The van der Waals surface area contributed by atoms with Crippen molar-refractivity contribution < 1.29 is 18.7 Å². The Morgan fingerprint density at radius 2 is 1.61 bits per heavy atom. The van der Waals surface area contributed by atoms with E-state index in [1.165, 1.54) is 19.2 Å². The maximum Gasteiger partial charge on any atom is 0.337 e. The number of halogens is 1. The molecule has 2 aliphatic rings. The van der Waals surface area contributed by atoms with Gasteiger partial charge in [0.1, 0.15) is 18.0 Å². The number of ether oxygens (including phenoxy) is 2. The summed E-state index contributed by atoms with van der Waals surface area (Å²) in [5, 5.41) is 0. The smallest absolute Gasteiger partial charge is 0.337 e. The van der Waals surface area contributed by atoms with E-state index in [1.54, 1.807) is 12.1 Å². The van der Waals surface area contributed by atoms with Gasteiger partial charge in [0.2, 0.25) is 0 Å². The molecule has 0 radical (unpaired) electrons. The molecule has 2 heterocycles. The Kier molecular flexibility index (Phi) is 3.74. The van der Waals surface area contributed by atoms with Crippen LogP contribution in [-0.4, -0.2) is 20.1 Å². The van der Waals surface area contributed by atoms with Crippen LogP contribution >= 0.6 is 0 Å². The number of rotatable bonds is 3. The molecule has 0 unspecified atom stereocenters. The fourth-order valence-electron chi connectivity index (χ4n) is 4.12. The molecule has 140 valence electrons. The number of hydrogen-bond donors (Lipinski definition) is 0. The molecule has 3 aromatic rings. The van der Waals surface area contributed by atoms with Crippen LogP contribution in [0.1, 0.15) is 44.8 Å². The highest BCUT2D eigenvalue weighted by Crippen LogP contribution is 2.55. The molecule has 4 nitrogen and oxygen atoms in total. The average Bonchev–Trinajstić information content (AvgIpc) is 3.29. The van der Waals surface area contributed by atoms with E-state index in [9.17, 15) is 9.18 Å². The Balaban J connectivity index is 1.53. The normalized spacial score (nSPS) is 18.5. The summed E-state index contributed by atoms with van der Waals surface area (Å²) in [6.07, 6.45) is -0.323. The molecule has 0 aromatic heterocycles. The fraction of sp³-hybridized carbons (Fsp3) is 0.174. The lowest BCUT2D eigenvalue weighted by Gasteiger charge is -2.23. The second-order valence-corrected chi connectivity index (χ2v) is 7.08. The summed E-state index contributed by atoms with van der Waals surface area (Å²) >= 11 is 0. The molecule has 5 heteroatoms. The van der Waals surface area contributed by atoms with Gasteiger partial charge in [-0.05, 0) is 64.7 Å². The minimum absolute atomic E-state index is 0.116. The van der Waals surface area contributed by atoms with Crippen LogP contribution in [0, 0.1) is 5.82 Å². The Labute approximate surface area is 162 Å². The average molecular weight is 375 g/mol. The second kappa shape index (κ2) is 6.17. The first-order valence-corrected chi connectivity index (χ1v) is 9.07. The predicted molar refractivity (Wildman–Crippen MR) is 103 cm³/mol.